The van der Waals surface area contributed by atoms with Gasteiger partial charge in [-0.1, -0.05) is 43.0 Å². The first-order valence-electron chi connectivity index (χ1n) is 5.71. The first-order chi connectivity index (χ1) is 7.27. The molecule has 0 radical (unpaired) electrons. The summed E-state index contributed by atoms with van der Waals surface area (Å²) in [6.45, 7) is 0. The van der Waals surface area contributed by atoms with Gasteiger partial charge in [-0.05, 0) is 36.5 Å². The molecule has 1 saturated carbocycles. The zero-order chi connectivity index (χ0) is 10.7. The van der Waals surface area contributed by atoms with E-state index in [0.717, 1.165) is 18.4 Å². The van der Waals surface area contributed by atoms with Crippen LogP contribution in [0.15, 0.2) is 24.3 Å². The maximum Gasteiger partial charge on any atom is 0.0818 e. The van der Waals surface area contributed by atoms with Gasteiger partial charge in [0.1, 0.15) is 0 Å². The number of halogens is 1. The Morgan fingerprint density at radius 2 is 1.93 bits per heavy atom. The summed E-state index contributed by atoms with van der Waals surface area (Å²) >= 11 is 5.92. The Labute approximate surface area is 96.1 Å². The van der Waals surface area contributed by atoms with Gasteiger partial charge in [-0.2, -0.15) is 0 Å². The molecule has 1 N–H and O–H groups in total. The zero-order valence-corrected chi connectivity index (χ0v) is 9.58. The number of hydrogen-bond donors (Lipinski definition) is 1. The minimum absolute atomic E-state index is 0.330. The first kappa shape index (κ1) is 11.0. The maximum atomic E-state index is 10.2. The fraction of sp³-hybridized carbons (Fsp3) is 0.538. The smallest absolute Gasteiger partial charge is 0.0818 e. The zero-order valence-electron chi connectivity index (χ0n) is 8.82. The second kappa shape index (κ2) is 5.00. The number of benzene rings is 1. The first-order valence-corrected chi connectivity index (χ1v) is 6.09. The van der Waals surface area contributed by atoms with Crippen molar-refractivity contribution in [1.82, 2.24) is 0 Å². The van der Waals surface area contributed by atoms with Gasteiger partial charge in [0, 0.05) is 5.02 Å². The molecular formula is C13H17ClO. The van der Waals surface area contributed by atoms with Crippen molar-refractivity contribution in [2.75, 3.05) is 0 Å². The molecule has 1 aliphatic carbocycles. The van der Waals surface area contributed by atoms with Crippen LogP contribution >= 0.6 is 11.6 Å². The van der Waals surface area contributed by atoms with Crippen LogP contribution in [-0.4, -0.2) is 5.11 Å². The predicted octanol–water partition coefficient (Wildman–Crippen LogP) is 3.95. The molecule has 0 spiro atoms. The number of rotatable bonds is 2. The molecule has 1 aliphatic rings. The topological polar surface area (TPSA) is 20.2 Å². The lowest BCUT2D eigenvalue weighted by molar-refractivity contribution is 0.0848. The van der Waals surface area contributed by atoms with E-state index >= 15 is 0 Å². The third-order valence-electron chi connectivity index (χ3n) is 3.29. The summed E-state index contributed by atoms with van der Waals surface area (Å²) in [5.41, 5.74) is 0.967. The Balaban J connectivity index is 2.08. The highest BCUT2D eigenvalue weighted by atomic mass is 35.5. The quantitative estimate of drug-likeness (QED) is 0.807. The van der Waals surface area contributed by atoms with Gasteiger partial charge in [0.2, 0.25) is 0 Å². The maximum absolute atomic E-state index is 10.2. The van der Waals surface area contributed by atoms with Gasteiger partial charge < -0.3 is 5.11 Å². The van der Waals surface area contributed by atoms with E-state index in [0.29, 0.717) is 10.9 Å². The van der Waals surface area contributed by atoms with E-state index < -0.39 is 0 Å². The Bertz CT molecular complexity index is 318. The van der Waals surface area contributed by atoms with Crippen LogP contribution in [0.1, 0.15) is 43.8 Å². The molecule has 0 bridgehead atoms. The summed E-state index contributed by atoms with van der Waals surface area (Å²) in [7, 11) is 0. The molecule has 1 aromatic rings. The fourth-order valence-electron chi connectivity index (χ4n) is 2.41. The fourth-order valence-corrected chi connectivity index (χ4v) is 2.61. The van der Waals surface area contributed by atoms with Crippen LogP contribution < -0.4 is 0 Å². The molecule has 1 aromatic carbocycles. The van der Waals surface area contributed by atoms with Gasteiger partial charge in [-0.3, -0.25) is 0 Å². The molecule has 2 rings (SSSR count). The second-order valence-corrected chi connectivity index (χ2v) is 4.83. The summed E-state index contributed by atoms with van der Waals surface area (Å²) < 4.78 is 0. The predicted molar refractivity (Wildman–Crippen MR) is 63.0 cm³/mol. The molecule has 2 heteroatoms. The molecule has 82 valence electrons. The van der Waals surface area contributed by atoms with Crippen molar-refractivity contribution in [2.45, 2.75) is 38.2 Å². The third-order valence-corrected chi connectivity index (χ3v) is 3.52. The molecule has 1 nitrogen and oxygen atoms in total. The van der Waals surface area contributed by atoms with Gasteiger partial charge in [-0.25, -0.2) is 0 Å². The van der Waals surface area contributed by atoms with E-state index in [4.69, 9.17) is 11.6 Å². The Morgan fingerprint density at radius 1 is 1.20 bits per heavy atom. The lowest BCUT2D eigenvalue weighted by Gasteiger charge is -2.26. The number of aliphatic hydroxyl groups excluding tert-OH is 1. The van der Waals surface area contributed by atoms with E-state index in [-0.39, 0.29) is 6.10 Å². The number of hydrogen-bond acceptors (Lipinski definition) is 1. The van der Waals surface area contributed by atoms with Crippen molar-refractivity contribution in [3.05, 3.63) is 34.9 Å². The Hall–Kier alpha value is -0.530. The SMILES string of the molecule is O[C@H](c1cccc(Cl)c1)C1CCCCC1. The average Bonchev–Trinajstić information content (AvgIpc) is 2.29. The summed E-state index contributed by atoms with van der Waals surface area (Å²) in [5, 5.41) is 10.9. The molecule has 0 unspecified atom stereocenters. The summed E-state index contributed by atoms with van der Waals surface area (Å²) in [4.78, 5) is 0. The molecule has 0 saturated heterocycles. The summed E-state index contributed by atoms with van der Waals surface area (Å²) in [6, 6.07) is 7.59. The highest BCUT2D eigenvalue weighted by Crippen LogP contribution is 2.34. The molecule has 0 heterocycles. The molecule has 15 heavy (non-hydrogen) atoms. The van der Waals surface area contributed by atoms with Crippen LogP contribution in [0.5, 0.6) is 0 Å². The largest absolute Gasteiger partial charge is 0.388 e. The Morgan fingerprint density at radius 3 is 2.60 bits per heavy atom. The van der Waals surface area contributed by atoms with Crippen LogP contribution in [0, 0.1) is 5.92 Å². The van der Waals surface area contributed by atoms with Crippen molar-refractivity contribution >= 4 is 11.6 Å². The van der Waals surface area contributed by atoms with Crippen molar-refractivity contribution in [1.29, 1.82) is 0 Å². The molecular weight excluding hydrogens is 208 g/mol. The highest BCUT2D eigenvalue weighted by molar-refractivity contribution is 6.30. The van der Waals surface area contributed by atoms with Gasteiger partial charge in [-0.15, -0.1) is 0 Å². The van der Waals surface area contributed by atoms with Gasteiger partial charge in [0.15, 0.2) is 0 Å². The van der Waals surface area contributed by atoms with E-state index in [1.807, 2.05) is 24.3 Å². The van der Waals surface area contributed by atoms with Crippen LogP contribution in [0.25, 0.3) is 0 Å². The van der Waals surface area contributed by atoms with Crippen LogP contribution in [0.4, 0.5) is 0 Å². The van der Waals surface area contributed by atoms with E-state index in [9.17, 15) is 5.11 Å². The van der Waals surface area contributed by atoms with E-state index in [1.165, 1.54) is 19.3 Å². The van der Waals surface area contributed by atoms with Crippen LogP contribution in [0.3, 0.4) is 0 Å². The minimum atomic E-state index is -0.330. The molecule has 1 atom stereocenters. The highest BCUT2D eigenvalue weighted by Gasteiger charge is 2.22. The van der Waals surface area contributed by atoms with Gasteiger partial charge in [0.25, 0.3) is 0 Å². The van der Waals surface area contributed by atoms with Gasteiger partial charge >= 0.3 is 0 Å². The van der Waals surface area contributed by atoms with Crippen molar-refractivity contribution in [2.24, 2.45) is 5.92 Å². The van der Waals surface area contributed by atoms with Crippen LogP contribution in [-0.2, 0) is 0 Å². The van der Waals surface area contributed by atoms with E-state index in [1.54, 1.807) is 0 Å². The van der Waals surface area contributed by atoms with Crippen LogP contribution in [0.2, 0.25) is 5.02 Å². The number of aliphatic hydroxyl groups is 1. The standard InChI is InChI=1S/C13H17ClO/c14-12-8-4-7-11(9-12)13(15)10-5-2-1-3-6-10/h4,7-10,13,15H,1-3,5-6H2/t13-/m0/s1. The van der Waals surface area contributed by atoms with E-state index in [2.05, 4.69) is 0 Å². The summed E-state index contributed by atoms with van der Waals surface area (Å²) in [6.07, 6.45) is 5.79. The lowest BCUT2D eigenvalue weighted by atomic mass is 9.83. The molecule has 1 fully saturated rings. The van der Waals surface area contributed by atoms with Gasteiger partial charge in [0.05, 0.1) is 6.10 Å². The van der Waals surface area contributed by atoms with Crippen molar-refractivity contribution < 1.29 is 5.11 Å². The second-order valence-electron chi connectivity index (χ2n) is 4.40. The Kier molecular flexibility index (Phi) is 3.66. The average molecular weight is 225 g/mol. The monoisotopic (exact) mass is 224 g/mol. The van der Waals surface area contributed by atoms with Crippen molar-refractivity contribution in [3.63, 3.8) is 0 Å². The normalized spacial score (nSPS) is 20.1. The minimum Gasteiger partial charge on any atom is -0.388 e. The molecule has 0 amide bonds. The lowest BCUT2D eigenvalue weighted by Crippen LogP contribution is -2.15. The molecule has 0 aliphatic heterocycles. The summed E-state index contributed by atoms with van der Waals surface area (Å²) in [5.74, 6) is 0.428. The molecule has 0 aromatic heterocycles. The third kappa shape index (κ3) is 2.73. The van der Waals surface area contributed by atoms with Crippen molar-refractivity contribution in [3.8, 4) is 0 Å².